The molecule has 1 aliphatic carbocycles. The molecule has 0 radical (unpaired) electrons. The molecule has 0 saturated heterocycles. The highest BCUT2D eigenvalue weighted by Gasteiger charge is 2.23. The molecule has 1 aliphatic rings. The van der Waals surface area contributed by atoms with Gasteiger partial charge in [-0.05, 0) is 36.5 Å². The first-order valence-corrected chi connectivity index (χ1v) is 5.66. The molecule has 0 bridgehead atoms. The van der Waals surface area contributed by atoms with Gasteiger partial charge in [0.2, 0.25) is 0 Å². The SMILES string of the molecule is COc1cccc(C[C@@H](N)CC2CC2)c1. The van der Waals surface area contributed by atoms with Crippen molar-refractivity contribution >= 4 is 0 Å². The van der Waals surface area contributed by atoms with Crippen LogP contribution in [-0.4, -0.2) is 13.2 Å². The van der Waals surface area contributed by atoms with Gasteiger partial charge in [-0.1, -0.05) is 25.0 Å². The van der Waals surface area contributed by atoms with Crippen molar-refractivity contribution in [2.24, 2.45) is 11.7 Å². The van der Waals surface area contributed by atoms with E-state index in [0.29, 0.717) is 6.04 Å². The highest BCUT2D eigenvalue weighted by Crippen LogP contribution is 2.33. The smallest absolute Gasteiger partial charge is 0.119 e. The Morgan fingerprint density at radius 3 is 2.93 bits per heavy atom. The van der Waals surface area contributed by atoms with Gasteiger partial charge in [-0.25, -0.2) is 0 Å². The number of benzene rings is 1. The lowest BCUT2D eigenvalue weighted by atomic mass is 10.0. The standard InChI is InChI=1S/C13H19NO/c1-15-13-4-2-3-11(9-13)8-12(14)7-10-5-6-10/h2-4,9-10,12H,5-8,14H2,1H3/t12-/m0/s1. The normalized spacial score (nSPS) is 17.5. The maximum atomic E-state index is 6.10. The molecule has 15 heavy (non-hydrogen) atoms. The Kier molecular flexibility index (Phi) is 3.27. The molecule has 0 heterocycles. The maximum Gasteiger partial charge on any atom is 0.119 e. The van der Waals surface area contributed by atoms with Gasteiger partial charge < -0.3 is 10.5 Å². The van der Waals surface area contributed by atoms with Crippen molar-refractivity contribution in [1.29, 1.82) is 0 Å². The average Bonchev–Trinajstić information content (AvgIpc) is 3.02. The van der Waals surface area contributed by atoms with E-state index in [9.17, 15) is 0 Å². The van der Waals surface area contributed by atoms with Crippen LogP contribution >= 0.6 is 0 Å². The van der Waals surface area contributed by atoms with E-state index in [2.05, 4.69) is 12.1 Å². The molecule has 1 fully saturated rings. The van der Waals surface area contributed by atoms with Gasteiger partial charge in [0.25, 0.3) is 0 Å². The van der Waals surface area contributed by atoms with Crippen molar-refractivity contribution in [1.82, 2.24) is 0 Å². The molecule has 0 spiro atoms. The zero-order valence-corrected chi connectivity index (χ0v) is 9.28. The molecule has 1 saturated carbocycles. The zero-order chi connectivity index (χ0) is 10.7. The summed E-state index contributed by atoms with van der Waals surface area (Å²) >= 11 is 0. The van der Waals surface area contributed by atoms with Crippen LogP contribution in [0, 0.1) is 5.92 Å². The van der Waals surface area contributed by atoms with Gasteiger partial charge in [0.05, 0.1) is 7.11 Å². The summed E-state index contributed by atoms with van der Waals surface area (Å²) in [5.41, 5.74) is 7.38. The first-order chi connectivity index (χ1) is 7.28. The minimum atomic E-state index is 0.310. The number of ether oxygens (including phenoxy) is 1. The largest absolute Gasteiger partial charge is 0.497 e. The Bertz CT molecular complexity index is 320. The molecule has 0 aliphatic heterocycles. The summed E-state index contributed by atoms with van der Waals surface area (Å²) in [6, 6.07) is 8.50. The maximum absolute atomic E-state index is 6.10. The van der Waals surface area contributed by atoms with Crippen LogP contribution in [0.5, 0.6) is 5.75 Å². The molecule has 2 heteroatoms. The lowest BCUT2D eigenvalue weighted by Gasteiger charge is -2.11. The van der Waals surface area contributed by atoms with Crippen LogP contribution in [-0.2, 0) is 6.42 Å². The molecule has 1 atom stereocenters. The molecule has 2 N–H and O–H groups in total. The molecule has 0 aromatic heterocycles. The molecular formula is C13H19NO. The minimum Gasteiger partial charge on any atom is -0.497 e. The second-order valence-corrected chi connectivity index (χ2v) is 4.49. The monoisotopic (exact) mass is 205 g/mol. The molecule has 0 amide bonds. The summed E-state index contributed by atoms with van der Waals surface area (Å²) < 4.78 is 5.19. The van der Waals surface area contributed by atoms with Crippen LogP contribution < -0.4 is 10.5 Å². The summed E-state index contributed by atoms with van der Waals surface area (Å²) in [5, 5.41) is 0. The van der Waals surface area contributed by atoms with Crippen LogP contribution in [0.3, 0.4) is 0 Å². The molecular weight excluding hydrogens is 186 g/mol. The minimum absolute atomic E-state index is 0.310. The summed E-state index contributed by atoms with van der Waals surface area (Å²) in [5.74, 6) is 1.83. The van der Waals surface area contributed by atoms with Gasteiger partial charge in [0.15, 0.2) is 0 Å². The predicted octanol–water partition coefficient (Wildman–Crippen LogP) is 2.37. The summed E-state index contributed by atoms with van der Waals surface area (Å²) in [7, 11) is 1.70. The first-order valence-electron chi connectivity index (χ1n) is 5.66. The lowest BCUT2D eigenvalue weighted by molar-refractivity contribution is 0.414. The molecule has 1 aromatic rings. The number of rotatable bonds is 5. The Morgan fingerprint density at radius 2 is 2.27 bits per heavy atom. The quantitative estimate of drug-likeness (QED) is 0.801. The summed E-state index contributed by atoms with van der Waals surface area (Å²) in [4.78, 5) is 0. The average molecular weight is 205 g/mol. The van der Waals surface area contributed by atoms with E-state index in [1.54, 1.807) is 7.11 Å². The number of nitrogens with two attached hydrogens (primary N) is 1. The van der Waals surface area contributed by atoms with Crippen molar-refractivity contribution in [3.8, 4) is 5.75 Å². The molecule has 2 nitrogen and oxygen atoms in total. The highest BCUT2D eigenvalue weighted by molar-refractivity contribution is 5.28. The summed E-state index contributed by atoms with van der Waals surface area (Å²) in [6.07, 6.45) is 4.91. The fourth-order valence-electron chi connectivity index (χ4n) is 1.97. The molecule has 0 unspecified atom stereocenters. The summed E-state index contributed by atoms with van der Waals surface area (Å²) in [6.45, 7) is 0. The number of hydrogen-bond donors (Lipinski definition) is 1. The van der Waals surface area contributed by atoms with E-state index in [0.717, 1.165) is 18.1 Å². The lowest BCUT2D eigenvalue weighted by Crippen LogP contribution is -2.23. The third kappa shape index (κ3) is 3.24. The fourth-order valence-corrected chi connectivity index (χ4v) is 1.97. The van der Waals surface area contributed by atoms with E-state index in [1.165, 1.54) is 24.8 Å². The van der Waals surface area contributed by atoms with Gasteiger partial charge in [0.1, 0.15) is 5.75 Å². The Balaban J connectivity index is 1.90. The van der Waals surface area contributed by atoms with Crippen molar-refractivity contribution in [3.05, 3.63) is 29.8 Å². The zero-order valence-electron chi connectivity index (χ0n) is 9.28. The highest BCUT2D eigenvalue weighted by atomic mass is 16.5. The van der Waals surface area contributed by atoms with Crippen molar-refractivity contribution in [2.45, 2.75) is 31.7 Å². The predicted molar refractivity (Wildman–Crippen MR) is 62.0 cm³/mol. The number of hydrogen-bond acceptors (Lipinski definition) is 2. The van der Waals surface area contributed by atoms with Gasteiger partial charge in [-0.3, -0.25) is 0 Å². The van der Waals surface area contributed by atoms with Gasteiger partial charge >= 0.3 is 0 Å². The van der Waals surface area contributed by atoms with E-state index in [1.807, 2.05) is 12.1 Å². The van der Waals surface area contributed by atoms with Crippen LogP contribution in [0.2, 0.25) is 0 Å². The van der Waals surface area contributed by atoms with Crippen LogP contribution in [0.25, 0.3) is 0 Å². The van der Waals surface area contributed by atoms with Gasteiger partial charge in [-0.2, -0.15) is 0 Å². The van der Waals surface area contributed by atoms with Crippen molar-refractivity contribution in [2.75, 3.05) is 7.11 Å². The van der Waals surface area contributed by atoms with E-state index in [4.69, 9.17) is 10.5 Å². The van der Waals surface area contributed by atoms with E-state index in [-0.39, 0.29) is 0 Å². The molecule has 1 aromatic carbocycles. The van der Waals surface area contributed by atoms with Crippen molar-refractivity contribution in [3.63, 3.8) is 0 Å². The molecule has 82 valence electrons. The second-order valence-electron chi connectivity index (χ2n) is 4.49. The number of methoxy groups -OCH3 is 1. The molecule has 2 rings (SSSR count). The first kappa shape index (κ1) is 10.5. The van der Waals surface area contributed by atoms with Crippen LogP contribution in [0.4, 0.5) is 0 Å². The fraction of sp³-hybridized carbons (Fsp3) is 0.538. The Hall–Kier alpha value is -1.02. The van der Waals surface area contributed by atoms with E-state index < -0.39 is 0 Å². The van der Waals surface area contributed by atoms with Crippen LogP contribution in [0.15, 0.2) is 24.3 Å². The van der Waals surface area contributed by atoms with Crippen molar-refractivity contribution < 1.29 is 4.74 Å². The topological polar surface area (TPSA) is 35.2 Å². The Morgan fingerprint density at radius 1 is 1.47 bits per heavy atom. The van der Waals surface area contributed by atoms with E-state index >= 15 is 0 Å². The van der Waals surface area contributed by atoms with Gasteiger partial charge in [-0.15, -0.1) is 0 Å². The van der Waals surface area contributed by atoms with Crippen LogP contribution in [0.1, 0.15) is 24.8 Å². The second kappa shape index (κ2) is 4.67. The third-order valence-corrected chi connectivity index (χ3v) is 2.97. The van der Waals surface area contributed by atoms with Gasteiger partial charge in [0, 0.05) is 6.04 Å². The Labute approximate surface area is 91.4 Å². The third-order valence-electron chi connectivity index (χ3n) is 2.97.